The molecular weight excluding hydrogens is 550 g/mol. The average molecular weight is 584 g/mol. The number of imidazole rings is 1. The Hall–Kier alpha value is -5.45. The molecular formula is C32H33N5O6. The molecule has 222 valence electrons. The lowest BCUT2D eigenvalue weighted by Crippen LogP contribution is -2.57. The Bertz CT molecular complexity index is 1470. The Morgan fingerprint density at radius 1 is 0.674 bits per heavy atom. The van der Waals surface area contributed by atoms with Gasteiger partial charge in [0.1, 0.15) is 24.7 Å². The van der Waals surface area contributed by atoms with Crippen LogP contribution in [0.5, 0.6) is 0 Å². The fourth-order valence-electron chi connectivity index (χ4n) is 4.39. The maximum absolute atomic E-state index is 13.6. The minimum atomic E-state index is -1.23. The quantitative estimate of drug-likeness (QED) is 0.152. The van der Waals surface area contributed by atoms with E-state index < -0.39 is 42.0 Å². The summed E-state index contributed by atoms with van der Waals surface area (Å²) in [6.45, 7) is 0.00208. The summed E-state index contributed by atoms with van der Waals surface area (Å²) in [5.74, 6) is -2.54. The first-order valence-corrected chi connectivity index (χ1v) is 13.7. The van der Waals surface area contributed by atoms with Gasteiger partial charge in [-0.2, -0.15) is 0 Å². The van der Waals surface area contributed by atoms with E-state index in [9.17, 15) is 24.3 Å². The number of ether oxygens (including phenoxy) is 1. The number of hydrogen-bond acceptors (Lipinski definition) is 6. The second-order valence-corrected chi connectivity index (χ2v) is 9.88. The molecule has 0 radical (unpaired) electrons. The summed E-state index contributed by atoms with van der Waals surface area (Å²) in [5.41, 5.74) is 2.83. The lowest BCUT2D eigenvalue weighted by atomic mass is 10.0. The first-order valence-electron chi connectivity index (χ1n) is 13.7. The number of H-pyrrole nitrogens is 1. The first kappa shape index (κ1) is 30.5. The van der Waals surface area contributed by atoms with E-state index in [0.29, 0.717) is 5.69 Å². The van der Waals surface area contributed by atoms with Gasteiger partial charge in [-0.25, -0.2) is 14.6 Å². The van der Waals surface area contributed by atoms with Crippen molar-refractivity contribution in [2.45, 2.75) is 44.0 Å². The van der Waals surface area contributed by atoms with Crippen molar-refractivity contribution in [3.05, 3.63) is 126 Å². The van der Waals surface area contributed by atoms with E-state index in [1.165, 1.54) is 12.5 Å². The van der Waals surface area contributed by atoms with Gasteiger partial charge in [0.25, 0.3) is 0 Å². The van der Waals surface area contributed by atoms with Gasteiger partial charge in [0.2, 0.25) is 11.8 Å². The van der Waals surface area contributed by atoms with Crippen LogP contribution in [0.3, 0.4) is 0 Å². The summed E-state index contributed by atoms with van der Waals surface area (Å²) < 4.78 is 5.31. The minimum Gasteiger partial charge on any atom is -0.480 e. The normalized spacial score (nSPS) is 12.7. The van der Waals surface area contributed by atoms with Crippen LogP contribution in [0.15, 0.2) is 104 Å². The number of amides is 3. The summed E-state index contributed by atoms with van der Waals surface area (Å²) in [4.78, 5) is 58.7. The monoisotopic (exact) mass is 583 g/mol. The Labute approximate surface area is 248 Å². The van der Waals surface area contributed by atoms with Crippen molar-refractivity contribution in [2.75, 3.05) is 0 Å². The van der Waals surface area contributed by atoms with Crippen molar-refractivity contribution in [3.8, 4) is 0 Å². The van der Waals surface area contributed by atoms with Crippen molar-refractivity contribution in [2.24, 2.45) is 0 Å². The standard InChI is InChI=1S/C32H33N5O6/c38-29(36-28(31(40)41)17-23-12-6-2-7-13-23)26(16-22-10-4-1-5-11-22)35-30(39)27(18-25-19-33-21-34-25)37-32(42)43-20-24-14-8-3-9-15-24/h1-15,19,21,26-28H,16-18,20H2,(H,33,34)(H,35,39)(H,36,38)(H,37,42)(H,40,41)/t26-,27-,28-/m0/s1. The summed E-state index contributed by atoms with van der Waals surface area (Å²) in [6, 6.07) is 23.5. The van der Waals surface area contributed by atoms with E-state index in [1.54, 1.807) is 60.7 Å². The summed E-state index contributed by atoms with van der Waals surface area (Å²) in [6.07, 6.45) is 2.34. The molecule has 1 heterocycles. The molecule has 11 heteroatoms. The Kier molecular flexibility index (Phi) is 11.0. The molecule has 0 aliphatic heterocycles. The highest BCUT2D eigenvalue weighted by molar-refractivity contribution is 5.93. The molecule has 0 aliphatic rings. The summed E-state index contributed by atoms with van der Waals surface area (Å²) >= 11 is 0. The third-order valence-corrected chi connectivity index (χ3v) is 6.61. The van der Waals surface area contributed by atoms with Gasteiger partial charge in [0.05, 0.1) is 6.33 Å². The topological polar surface area (TPSA) is 163 Å². The van der Waals surface area contributed by atoms with Gasteiger partial charge in [0, 0.05) is 31.2 Å². The Balaban J connectivity index is 1.49. The van der Waals surface area contributed by atoms with Crippen LogP contribution in [0.25, 0.3) is 0 Å². The number of rotatable bonds is 14. The highest BCUT2D eigenvalue weighted by Gasteiger charge is 2.30. The molecule has 0 spiro atoms. The summed E-state index contributed by atoms with van der Waals surface area (Å²) in [5, 5.41) is 17.7. The van der Waals surface area contributed by atoms with Gasteiger partial charge in [-0.3, -0.25) is 9.59 Å². The zero-order chi connectivity index (χ0) is 30.4. The number of aliphatic carboxylic acids is 1. The number of carboxylic acid groups (broad SMARTS) is 1. The maximum Gasteiger partial charge on any atom is 0.408 e. The van der Waals surface area contributed by atoms with Gasteiger partial charge >= 0.3 is 12.1 Å². The van der Waals surface area contributed by atoms with Gasteiger partial charge < -0.3 is 30.8 Å². The molecule has 5 N–H and O–H groups in total. The van der Waals surface area contributed by atoms with Crippen LogP contribution in [0.2, 0.25) is 0 Å². The molecule has 4 rings (SSSR count). The third-order valence-electron chi connectivity index (χ3n) is 6.61. The minimum absolute atomic E-state index is 0.00208. The van der Waals surface area contributed by atoms with Crippen LogP contribution in [0.1, 0.15) is 22.4 Å². The Morgan fingerprint density at radius 3 is 1.67 bits per heavy atom. The molecule has 43 heavy (non-hydrogen) atoms. The number of benzene rings is 3. The first-order chi connectivity index (χ1) is 20.9. The highest BCUT2D eigenvalue weighted by Crippen LogP contribution is 2.09. The number of nitrogens with zero attached hydrogens (tertiary/aromatic N) is 1. The van der Waals surface area contributed by atoms with Gasteiger partial charge in [-0.15, -0.1) is 0 Å². The maximum atomic E-state index is 13.6. The van der Waals surface area contributed by atoms with Gasteiger partial charge in [-0.05, 0) is 16.7 Å². The molecule has 0 fully saturated rings. The van der Waals surface area contributed by atoms with Gasteiger partial charge in [-0.1, -0.05) is 91.0 Å². The van der Waals surface area contributed by atoms with E-state index in [2.05, 4.69) is 25.9 Å². The van der Waals surface area contributed by atoms with E-state index >= 15 is 0 Å². The fraction of sp³-hybridized carbons (Fsp3) is 0.219. The van der Waals surface area contributed by atoms with Crippen LogP contribution in [0.4, 0.5) is 4.79 Å². The van der Waals surface area contributed by atoms with Crippen LogP contribution < -0.4 is 16.0 Å². The summed E-state index contributed by atoms with van der Waals surface area (Å²) in [7, 11) is 0. The molecule has 4 aromatic rings. The number of aromatic nitrogens is 2. The number of aromatic amines is 1. The highest BCUT2D eigenvalue weighted by atomic mass is 16.5. The molecule has 0 saturated carbocycles. The van der Waals surface area contributed by atoms with Crippen molar-refractivity contribution >= 4 is 23.9 Å². The number of hydrogen-bond donors (Lipinski definition) is 5. The molecule has 0 aliphatic carbocycles. The molecule has 0 bridgehead atoms. The molecule has 1 aromatic heterocycles. The van der Waals surface area contributed by atoms with Crippen molar-refractivity contribution in [3.63, 3.8) is 0 Å². The molecule has 3 amide bonds. The average Bonchev–Trinajstić information content (AvgIpc) is 3.54. The number of alkyl carbamates (subject to hydrolysis) is 1. The van der Waals surface area contributed by atoms with Gasteiger partial charge in [0.15, 0.2) is 0 Å². The van der Waals surface area contributed by atoms with E-state index in [0.717, 1.165) is 16.7 Å². The second-order valence-electron chi connectivity index (χ2n) is 9.88. The lowest BCUT2D eigenvalue weighted by molar-refractivity contribution is -0.142. The molecule has 0 saturated heterocycles. The molecule has 0 unspecified atom stereocenters. The van der Waals surface area contributed by atoms with Crippen LogP contribution in [0, 0.1) is 0 Å². The fourth-order valence-corrected chi connectivity index (χ4v) is 4.39. The molecule has 3 aromatic carbocycles. The van der Waals surface area contributed by atoms with E-state index in [-0.39, 0.29) is 25.9 Å². The number of carbonyl (C=O) groups is 4. The van der Waals surface area contributed by atoms with Crippen molar-refractivity contribution in [1.82, 2.24) is 25.9 Å². The zero-order valence-corrected chi connectivity index (χ0v) is 23.3. The third kappa shape index (κ3) is 9.85. The number of carboxylic acids is 1. The second kappa shape index (κ2) is 15.5. The largest absolute Gasteiger partial charge is 0.480 e. The van der Waals surface area contributed by atoms with Crippen molar-refractivity contribution < 1.29 is 29.0 Å². The zero-order valence-electron chi connectivity index (χ0n) is 23.3. The van der Waals surface area contributed by atoms with E-state index in [4.69, 9.17) is 4.74 Å². The lowest BCUT2D eigenvalue weighted by Gasteiger charge is -2.24. The molecule has 3 atom stereocenters. The van der Waals surface area contributed by atoms with Crippen LogP contribution >= 0.6 is 0 Å². The van der Waals surface area contributed by atoms with Crippen LogP contribution in [-0.2, 0) is 45.0 Å². The van der Waals surface area contributed by atoms with Crippen LogP contribution in [-0.4, -0.2) is 57.1 Å². The predicted octanol–water partition coefficient (Wildman–Crippen LogP) is 2.79. The molecule has 11 nitrogen and oxygen atoms in total. The van der Waals surface area contributed by atoms with E-state index in [1.807, 2.05) is 30.3 Å². The number of carbonyl (C=O) groups excluding carboxylic acids is 3. The Morgan fingerprint density at radius 2 is 1.16 bits per heavy atom. The SMILES string of the molecule is O=C(N[C@@H](Cc1cnc[nH]1)C(=O)N[C@@H](Cc1ccccc1)C(=O)N[C@@H](Cc1ccccc1)C(=O)O)OCc1ccccc1. The predicted molar refractivity (Wildman–Crippen MR) is 158 cm³/mol. The smallest absolute Gasteiger partial charge is 0.408 e. The number of nitrogens with one attached hydrogen (secondary N) is 4. The van der Waals surface area contributed by atoms with Crippen molar-refractivity contribution in [1.29, 1.82) is 0 Å².